The van der Waals surface area contributed by atoms with Gasteiger partial charge in [-0.05, 0) is 41.5 Å². The Hall–Kier alpha value is -2.09. The predicted octanol–water partition coefficient (Wildman–Crippen LogP) is 1.22. The first-order valence-electron chi connectivity index (χ1n) is 7.47. The van der Waals surface area contributed by atoms with Crippen LogP contribution in [0.25, 0.3) is 0 Å². The van der Waals surface area contributed by atoms with Gasteiger partial charge in [-0.15, -0.1) is 0 Å². The molecule has 0 radical (unpaired) electrons. The molecular formula is C16H24O8. The zero-order valence-electron chi connectivity index (χ0n) is 14.7. The molecule has 1 rings (SSSR count). The highest BCUT2D eigenvalue weighted by atomic mass is 16.6. The number of aliphatic hydroxyl groups is 2. The maximum absolute atomic E-state index is 11.8. The topological polar surface area (TPSA) is 119 Å². The molecule has 0 aromatic rings. The molecule has 2 N–H and O–H groups in total. The van der Waals surface area contributed by atoms with Gasteiger partial charge < -0.3 is 24.4 Å². The summed E-state index contributed by atoms with van der Waals surface area (Å²) in [6.07, 6.45) is -2.96. The van der Waals surface area contributed by atoms with Crippen molar-refractivity contribution in [3.8, 4) is 0 Å². The summed E-state index contributed by atoms with van der Waals surface area (Å²) in [7, 11) is 0. The van der Waals surface area contributed by atoms with Gasteiger partial charge in [0.2, 0.25) is 0 Å². The lowest BCUT2D eigenvalue weighted by Crippen LogP contribution is -2.35. The number of aliphatic hydroxyl groups excluding tert-OH is 2. The van der Waals surface area contributed by atoms with Crippen molar-refractivity contribution >= 4 is 17.9 Å². The van der Waals surface area contributed by atoms with Crippen LogP contribution in [0.3, 0.4) is 0 Å². The Morgan fingerprint density at radius 1 is 1.12 bits per heavy atom. The molecule has 0 spiro atoms. The Labute approximate surface area is 140 Å². The minimum Gasteiger partial charge on any atom is -0.505 e. The van der Waals surface area contributed by atoms with Crippen molar-refractivity contribution in [1.82, 2.24) is 0 Å². The van der Waals surface area contributed by atoms with Crippen LogP contribution in [0.5, 0.6) is 0 Å². The average molecular weight is 344 g/mol. The van der Waals surface area contributed by atoms with Crippen LogP contribution in [0.15, 0.2) is 11.5 Å². The molecule has 0 fully saturated rings. The Bertz CT molecular complexity index is 562. The maximum Gasteiger partial charge on any atom is 0.378 e. The third kappa shape index (κ3) is 4.70. The van der Waals surface area contributed by atoms with E-state index in [2.05, 4.69) is 0 Å². The molecule has 0 bridgehead atoms. The van der Waals surface area contributed by atoms with Crippen molar-refractivity contribution in [3.63, 3.8) is 0 Å². The molecule has 1 aliphatic heterocycles. The first-order valence-corrected chi connectivity index (χ1v) is 7.47. The van der Waals surface area contributed by atoms with Gasteiger partial charge in [0.05, 0.1) is 10.8 Å². The van der Waals surface area contributed by atoms with Crippen LogP contribution >= 0.6 is 0 Å². The van der Waals surface area contributed by atoms with E-state index < -0.39 is 59.1 Å². The standard InChI is InChI=1S/C16H24O8/c1-15(2,3)13(20)22-7-8(17)10-9(18)11(12(19)23-10)24-14(21)16(4,5)6/h8,10,17-18H,7H2,1-6H3/t8-,10+/m0/s1. The van der Waals surface area contributed by atoms with Crippen LogP contribution in [0, 0.1) is 10.8 Å². The molecule has 1 aliphatic rings. The number of esters is 3. The zero-order valence-corrected chi connectivity index (χ0v) is 14.7. The van der Waals surface area contributed by atoms with Gasteiger partial charge in [-0.1, -0.05) is 0 Å². The first-order chi connectivity index (χ1) is 10.7. The highest BCUT2D eigenvalue weighted by Gasteiger charge is 2.43. The zero-order chi connectivity index (χ0) is 18.9. The van der Waals surface area contributed by atoms with Crippen molar-refractivity contribution in [1.29, 1.82) is 0 Å². The number of rotatable bonds is 4. The molecule has 0 aliphatic carbocycles. The Morgan fingerprint density at radius 3 is 2.08 bits per heavy atom. The molecule has 2 atom stereocenters. The normalized spacial score (nSPS) is 19.8. The first kappa shape index (κ1) is 20.0. The van der Waals surface area contributed by atoms with Crippen LogP contribution in [-0.4, -0.2) is 46.9 Å². The lowest BCUT2D eigenvalue weighted by atomic mass is 9.97. The molecule has 0 aromatic heterocycles. The van der Waals surface area contributed by atoms with Crippen LogP contribution in [-0.2, 0) is 28.6 Å². The van der Waals surface area contributed by atoms with E-state index in [9.17, 15) is 24.6 Å². The second kappa shape index (κ2) is 6.80. The minimum absolute atomic E-state index is 0.487. The number of ether oxygens (including phenoxy) is 3. The molecule has 0 saturated heterocycles. The van der Waals surface area contributed by atoms with Crippen LogP contribution in [0.4, 0.5) is 0 Å². The summed E-state index contributed by atoms with van der Waals surface area (Å²) in [6, 6.07) is 0. The van der Waals surface area contributed by atoms with E-state index in [0.717, 1.165) is 0 Å². The Balaban J connectivity index is 2.78. The quantitative estimate of drug-likeness (QED) is 0.577. The van der Waals surface area contributed by atoms with E-state index in [4.69, 9.17) is 14.2 Å². The summed E-state index contributed by atoms with van der Waals surface area (Å²) in [4.78, 5) is 35.2. The number of hydrogen-bond acceptors (Lipinski definition) is 8. The number of hydrogen-bond donors (Lipinski definition) is 2. The van der Waals surface area contributed by atoms with Crippen molar-refractivity contribution in [2.24, 2.45) is 10.8 Å². The van der Waals surface area contributed by atoms with E-state index in [0.29, 0.717) is 0 Å². The number of carbonyl (C=O) groups excluding carboxylic acids is 3. The van der Waals surface area contributed by atoms with Gasteiger partial charge in [-0.3, -0.25) is 9.59 Å². The van der Waals surface area contributed by atoms with Crippen LogP contribution in [0.1, 0.15) is 41.5 Å². The summed E-state index contributed by atoms with van der Waals surface area (Å²) < 4.78 is 14.6. The summed E-state index contributed by atoms with van der Waals surface area (Å²) in [5, 5.41) is 20.0. The monoisotopic (exact) mass is 344 g/mol. The van der Waals surface area contributed by atoms with Gasteiger partial charge in [0.15, 0.2) is 11.9 Å². The van der Waals surface area contributed by atoms with Gasteiger partial charge in [0, 0.05) is 0 Å². The third-order valence-electron chi connectivity index (χ3n) is 3.08. The van der Waals surface area contributed by atoms with Crippen molar-refractivity contribution in [2.45, 2.75) is 53.8 Å². The van der Waals surface area contributed by atoms with Gasteiger partial charge in [-0.25, -0.2) is 4.79 Å². The van der Waals surface area contributed by atoms with E-state index in [1.807, 2.05) is 0 Å². The third-order valence-corrected chi connectivity index (χ3v) is 3.08. The predicted molar refractivity (Wildman–Crippen MR) is 81.5 cm³/mol. The summed E-state index contributed by atoms with van der Waals surface area (Å²) >= 11 is 0. The molecule has 8 heteroatoms. The van der Waals surface area contributed by atoms with Crippen LogP contribution in [0.2, 0.25) is 0 Å². The molecule has 0 unspecified atom stereocenters. The molecule has 0 saturated carbocycles. The number of cyclic esters (lactones) is 1. The fourth-order valence-electron chi connectivity index (χ4n) is 1.52. The lowest BCUT2D eigenvalue weighted by Gasteiger charge is -2.21. The van der Waals surface area contributed by atoms with E-state index in [-0.39, 0.29) is 0 Å². The van der Waals surface area contributed by atoms with Crippen molar-refractivity contribution in [3.05, 3.63) is 11.5 Å². The molecule has 0 aromatic carbocycles. The number of carbonyl (C=O) groups is 3. The molecule has 8 nitrogen and oxygen atoms in total. The Kier molecular flexibility index (Phi) is 5.66. The fourth-order valence-corrected chi connectivity index (χ4v) is 1.52. The molecule has 24 heavy (non-hydrogen) atoms. The van der Waals surface area contributed by atoms with Gasteiger partial charge >= 0.3 is 17.9 Å². The van der Waals surface area contributed by atoms with Crippen LogP contribution < -0.4 is 0 Å². The molecule has 0 amide bonds. The minimum atomic E-state index is -1.49. The lowest BCUT2D eigenvalue weighted by molar-refractivity contribution is -0.162. The second-order valence-electron chi connectivity index (χ2n) is 7.60. The van der Waals surface area contributed by atoms with E-state index in [1.165, 1.54) is 0 Å². The van der Waals surface area contributed by atoms with Crippen molar-refractivity contribution in [2.75, 3.05) is 6.61 Å². The van der Waals surface area contributed by atoms with Gasteiger partial charge in [0.1, 0.15) is 12.7 Å². The van der Waals surface area contributed by atoms with Gasteiger partial charge in [0.25, 0.3) is 5.76 Å². The summed E-state index contributed by atoms with van der Waals surface area (Å²) in [5.74, 6) is -3.75. The van der Waals surface area contributed by atoms with Crippen molar-refractivity contribution < 1.29 is 38.8 Å². The SMILES string of the molecule is CC(C)(C)C(=O)OC[C@H](O)[C@H]1OC(=O)C(OC(=O)C(C)(C)C)=C1O. The molecule has 136 valence electrons. The largest absolute Gasteiger partial charge is 0.505 e. The second-order valence-corrected chi connectivity index (χ2v) is 7.60. The molecule has 1 heterocycles. The maximum atomic E-state index is 11.8. The highest BCUT2D eigenvalue weighted by Crippen LogP contribution is 2.27. The average Bonchev–Trinajstić information content (AvgIpc) is 2.70. The Morgan fingerprint density at radius 2 is 1.62 bits per heavy atom. The van der Waals surface area contributed by atoms with E-state index in [1.54, 1.807) is 41.5 Å². The summed E-state index contributed by atoms with van der Waals surface area (Å²) in [5.41, 5.74) is -1.66. The fraction of sp³-hybridized carbons (Fsp3) is 0.688. The smallest absolute Gasteiger partial charge is 0.378 e. The van der Waals surface area contributed by atoms with E-state index >= 15 is 0 Å². The van der Waals surface area contributed by atoms with Gasteiger partial charge in [-0.2, -0.15) is 0 Å². The summed E-state index contributed by atoms with van der Waals surface area (Å²) in [6.45, 7) is 9.15. The highest BCUT2D eigenvalue weighted by molar-refractivity contribution is 5.93. The molecular weight excluding hydrogens is 320 g/mol.